The smallest absolute Gasteiger partial charge is 0.169 e. The second-order valence-electron chi connectivity index (χ2n) is 4.57. The van der Waals surface area contributed by atoms with E-state index in [1.807, 2.05) is 0 Å². The summed E-state index contributed by atoms with van der Waals surface area (Å²) >= 11 is 5.88. The number of aliphatic hydroxyl groups excluding tert-OH is 1. The van der Waals surface area contributed by atoms with E-state index in [1.54, 1.807) is 35.2 Å². The molecule has 0 spiro atoms. The lowest BCUT2D eigenvalue weighted by Gasteiger charge is -2.12. The molecule has 0 amide bonds. The fourth-order valence-corrected chi connectivity index (χ4v) is 2.32. The summed E-state index contributed by atoms with van der Waals surface area (Å²) in [5, 5.41) is 10.7. The summed E-state index contributed by atoms with van der Waals surface area (Å²) in [4.78, 5) is 4.12. The lowest BCUT2D eigenvalue weighted by Crippen LogP contribution is -2.11. The second kappa shape index (κ2) is 5.71. The van der Waals surface area contributed by atoms with E-state index in [0.717, 1.165) is 0 Å². The van der Waals surface area contributed by atoms with Gasteiger partial charge in [-0.15, -0.1) is 0 Å². The number of aliphatic hydroxyl groups is 1. The first-order valence-electron chi connectivity index (χ1n) is 6.31. The average molecular weight is 307 g/mol. The van der Waals surface area contributed by atoms with Crippen LogP contribution in [0.3, 0.4) is 0 Å². The van der Waals surface area contributed by atoms with E-state index < -0.39 is 6.10 Å². The van der Waals surface area contributed by atoms with Gasteiger partial charge in [0.2, 0.25) is 0 Å². The van der Waals surface area contributed by atoms with Crippen LogP contribution in [-0.4, -0.2) is 14.7 Å². The first-order valence-corrected chi connectivity index (χ1v) is 6.69. The maximum atomic E-state index is 13.8. The maximum Gasteiger partial charge on any atom is 0.169 e. The summed E-state index contributed by atoms with van der Waals surface area (Å²) < 4.78 is 20.6. The van der Waals surface area contributed by atoms with Crippen molar-refractivity contribution in [3.8, 4) is 0 Å². The molecule has 6 heteroatoms. The number of hydrogen-bond acceptors (Lipinski definition) is 3. The predicted octanol–water partition coefficient (Wildman–Crippen LogP) is 3.40. The minimum absolute atomic E-state index is 0.222. The van der Waals surface area contributed by atoms with Crippen LogP contribution in [0.5, 0.6) is 0 Å². The minimum atomic E-state index is -1.00. The fraction of sp³-hybridized carbons (Fsp3) is 0.133. The van der Waals surface area contributed by atoms with Gasteiger partial charge in [0.25, 0.3) is 0 Å². The number of furan rings is 1. The van der Waals surface area contributed by atoms with Crippen molar-refractivity contribution in [3.05, 3.63) is 77.0 Å². The zero-order chi connectivity index (χ0) is 14.8. The van der Waals surface area contributed by atoms with Crippen LogP contribution in [0.1, 0.15) is 23.3 Å². The Balaban J connectivity index is 1.91. The van der Waals surface area contributed by atoms with E-state index in [9.17, 15) is 9.50 Å². The van der Waals surface area contributed by atoms with Gasteiger partial charge in [0.15, 0.2) is 6.10 Å². The van der Waals surface area contributed by atoms with Gasteiger partial charge >= 0.3 is 0 Å². The van der Waals surface area contributed by atoms with Crippen molar-refractivity contribution in [2.45, 2.75) is 12.6 Å². The summed E-state index contributed by atoms with van der Waals surface area (Å²) in [5.74, 6) is 0.407. The molecule has 1 unspecified atom stereocenters. The third-order valence-corrected chi connectivity index (χ3v) is 3.39. The highest BCUT2D eigenvalue weighted by Gasteiger charge is 2.19. The molecule has 3 aromatic rings. The van der Waals surface area contributed by atoms with Gasteiger partial charge < -0.3 is 14.1 Å². The second-order valence-corrected chi connectivity index (χ2v) is 5.00. The molecule has 1 aromatic carbocycles. The molecule has 0 fully saturated rings. The lowest BCUT2D eigenvalue weighted by molar-refractivity contribution is 0.176. The van der Waals surface area contributed by atoms with Crippen LogP contribution < -0.4 is 0 Å². The third-order valence-electron chi connectivity index (χ3n) is 3.15. The Kier molecular flexibility index (Phi) is 3.77. The highest BCUT2D eigenvalue weighted by molar-refractivity contribution is 6.30. The van der Waals surface area contributed by atoms with Crippen LogP contribution in [-0.2, 0) is 6.54 Å². The van der Waals surface area contributed by atoms with Crippen LogP contribution in [0, 0.1) is 5.82 Å². The molecule has 108 valence electrons. The number of imidazole rings is 1. The van der Waals surface area contributed by atoms with Crippen molar-refractivity contribution in [2.75, 3.05) is 0 Å². The number of nitrogens with zero attached hydrogens (tertiary/aromatic N) is 2. The molecule has 0 aliphatic rings. The average Bonchev–Trinajstić information content (AvgIpc) is 3.13. The largest absolute Gasteiger partial charge is 0.466 e. The third kappa shape index (κ3) is 2.84. The molecule has 21 heavy (non-hydrogen) atoms. The van der Waals surface area contributed by atoms with E-state index in [2.05, 4.69) is 4.98 Å². The minimum Gasteiger partial charge on any atom is -0.466 e. The molecule has 4 nitrogen and oxygen atoms in total. The summed E-state index contributed by atoms with van der Waals surface area (Å²) in [6.45, 7) is 0.222. The molecule has 0 radical (unpaired) electrons. The Bertz CT molecular complexity index is 740. The Morgan fingerprint density at radius 2 is 2.24 bits per heavy atom. The molecule has 0 saturated carbocycles. The van der Waals surface area contributed by atoms with Crippen molar-refractivity contribution in [1.29, 1.82) is 0 Å². The van der Waals surface area contributed by atoms with Crippen molar-refractivity contribution < 1.29 is 13.9 Å². The standard InChI is InChI=1S/C15H12ClFN2O2/c16-11-3-4-12(17)10(8-11)9-19-6-5-18-15(19)14(20)13-2-1-7-21-13/h1-8,14,20H,9H2. The summed E-state index contributed by atoms with van der Waals surface area (Å²) in [6.07, 6.45) is 3.69. The first-order chi connectivity index (χ1) is 10.1. The molecule has 0 bridgehead atoms. The molecule has 0 saturated heterocycles. The molecule has 0 aliphatic carbocycles. The SMILES string of the molecule is OC(c1ccco1)c1nccn1Cc1cc(Cl)ccc1F. The van der Waals surface area contributed by atoms with Crippen LogP contribution in [0.4, 0.5) is 4.39 Å². The van der Waals surface area contributed by atoms with Gasteiger partial charge in [-0.3, -0.25) is 0 Å². The van der Waals surface area contributed by atoms with Gasteiger partial charge in [0.1, 0.15) is 17.4 Å². The monoisotopic (exact) mass is 306 g/mol. The molecule has 1 N–H and O–H groups in total. The fourth-order valence-electron chi connectivity index (χ4n) is 2.12. The summed E-state index contributed by atoms with van der Waals surface area (Å²) in [6, 6.07) is 7.70. The van der Waals surface area contributed by atoms with Crippen LogP contribution in [0.25, 0.3) is 0 Å². The number of hydrogen-bond donors (Lipinski definition) is 1. The number of halogens is 2. The molecule has 1 atom stereocenters. The molecule has 2 heterocycles. The molecular weight excluding hydrogens is 295 g/mol. The van der Waals surface area contributed by atoms with Gasteiger partial charge in [-0.2, -0.15) is 0 Å². The van der Waals surface area contributed by atoms with Gasteiger partial charge in [-0.1, -0.05) is 11.6 Å². The first kappa shape index (κ1) is 13.9. The van der Waals surface area contributed by atoms with Crippen molar-refractivity contribution in [2.24, 2.45) is 0 Å². The quantitative estimate of drug-likeness (QED) is 0.803. The predicted molar refractivity (Wildman–Crippen MR) is 75.5 cm³/mol. The number of rotatable bonds is 4. The highest BCUT2D eigenvalue weighted by Crippen LogP contribution is 2.23. The molecule has 2 aromatic heterocycles. The Hall–Kier alpha value is -2.11. The highest BCUT2D eigenvalue weighted by atomic mass is 35.5. The van der Waals surface area contributed by atoms with E-state index in [1.165, 1.54) is 18.4 Å². The maximum absolute atomic E-state index is 13.8. The molecule has 0 aliphatic heterocycles. The molecule has 3 rings (SSSR count). The van der Waals surface area contributed by atoms with Crippen molar-refractivity contribution in [1.82, 2.24) is 9.55 Å². The van der Waals surface area contributed by atoms with Gasteiger partial charge in [0.05, 0.1) is 12.8 Å². The topological polar surface area (TPSA) is 51.2 Å². The van der Waals surface area contributed by atoms with E-state index in [0.29, 0.717) is 22.2 Å². The summed E-state index contributed by atoms with van der Waals surface area (Å²) in [5.41, 5.74) is 0.424. The Morgan fingerprint density at radius 3 is 3.00 bits per heavy atom. The molecular formula is C15H12ClFN2O2. The van der Waals surface area contributed by atoms with E-state index in [4.69, 9.17) is 16.0 Å². The van der Waals surface area contributed by atoms with E-state index >= 15 is 0 Å². The van der Waals surface area contributed by atoms with Crippen molar-refractivity contribution in [3.63, 3.8) is 0 Å². The lowest BCUT2D eigenvalue weighted by atomic mass is 10.2. The number of benzene rings is 1. The van der Waals surface area contributed by atoms with Gasteiger partial charge in [-0.05, 0) is 30.3 Å². The van der Waals surface area contributed by atoms with Crippen LogP contribution in [0.15, 0.2) is 53.4 Å². The van der Waals surface area contributed by atoms with E-state index in [-0.39, 0.29) is 12.4 Å². The Morgan fingerprint density at radius 1 is 1.38 bits per heavy atom. The number of aromatic nitrogens is 2. The zero-order valence-corrected chi connectivity index (χ0v) is 11.7. The van der Waals surface area contributed by atoms with Crippen molar-refractivity contribution >= 4 is 11.6 Å². The van der Waals surface area contributed by atoms with Gasteiger partial charge in [0, 0.05) is 23.0 Å². The van der Waals surface area contributed by atoms with Crippen LogP contribution >= 0.6 is 11.6 Å². The normalized spacial score (nSPS) is 12.5. The van der Waals surface area contributed by atoms with Crippen LogP contribution in [0.2, 0.25) is 5.02 Å². The zero-order valence-electron chi connectivity index (χ0n) is 10.9. The Labute approximate surface area is 125 Å². The summed E-state index contributed by atoms with van der Waals surface area (Å²) in [7, 11) is 0. The van der Waals surface area contributed by atoms with Gasteiger partial charge in [-0.25, -0.2) is 9.37 Å².